The number of amides is 1. The van der Waals surface area contributed by atoms with Gasteiger partial charge in [-0.3, -0.25) is 4.79 Å². The minimum atomic E-state index is -0.508. The fraction of sp³-hybridized carbons (Fsp3) is 0.360. The Hall–Kier alpha value is -2.77. The molecule has 0 aromatic heterocycles. The number of rotatable bonds is 6. The van der Waals surface area contributed by atoms with E-state index < -0.39 is 5.54 Å². The second kappa shape index (κ2) is 9.36. The molecule has 0 unspecified atom stereocenters. The second-order valence-electron chi connectivity index (χ2n) is 7.94. The van der Waals surface area contributed by atoms with Crippen LogP contribution in [0, 0.1) is 11.3 Å². The van der Waals surface area contributed by atoms with Crippen molar-refractivity contribution in [1.82, 2.24) is 10.6 Å². The van der Waals surface area contributed by atoms with Crippen LogP contribution in [-0.2, 0) is 6.42 Å². The highest BCUT2D eigenvalue weighted by molar-refractivity contribution is 6.31. The second-order valence-corrected chi connectivity index (χ2v) is 8.34. The van der Waals surface area contributed by atoms with Gasteiger partial charge in [-0.05, 0) is 79.5 Å². The molecule has 0 spiro atoms. The molecule has 1 fully saturated rings. The molecule has 156 valence electrons. The average molecular weight is 422 g/mol. The summed E-state index contributed by atoms with van der Waals surface area (Å²) in [5, 5.41) is 16.2. The molecule has 1 amide bonds. The number of carbonyl (C=O) groups is 1. The first-order chi connectivity index (χ1) is 14.4. The van der Waals surface area contributed by atoms with Crippen LogP contribution >= 0.6 is 11.6 Å². The number of halogens is 1. The van der Waals surface area contributed by atoms with Crippen LogP contribution in [0.5, 0.6) is 0 Å². The standard InChI is InChI=1S/C25H28ClN3O/c1-4-18-7-10-22(23(26)15-18)20-11-13-25(14-12-20,17(2)28-3)29-24(30)21-8-5-19(16-27)6-9-21/h5-10,15,20,28H,2,4,11-14H2,1,3H3,(H,29,30). The largest absolute Gasteiger partial charge is 0.390 e. The zero-order valence-corrected chi connectivity index (χ0v) is 18.4. The summed E-state index contributed by atoms with van der Waals surface area (Å²) >= 11 is 6.57. The summed E-state index contributed by atoms with van der Waals surface area (Å²) in [6, 6.07) is 15.1. The van der Waals surface area contributed by atoms with Gasteiger partial charge in [0, 0.05) is 23.3 Å². The summed E-state index contributed by atoms with van der Waals surface area (Å²) in [5.41, 5.74) is 3.81. The zero-order chi connectivity index (χ0) is 21.7. The maximum atomic E-state index is 12.9. The SMILES string of the molecule is C=C(NC)C1(NC(=O)c2ccc(C#N)cc2)CCC(c2ccc(CC)cc2Cl)CC1. The summed E-state index contributed by atoms with van der Waals surface area (Å²) in [5.74, 6) is 0.215. The van der Waals surface area contributed by atoms with Gasteiger partial charge >= 0.3 is 0 Å². The molecule has 2 aromatic rings. The number of hydrogen-bond acceptors (Lipinski definition) is 3. The number of carbonyl (C=O) groups excluding carboxylic acids is 1. The van der Waals surface area contributed by atoms with Crippen molar-refractivity contribution in [2.75, 3.05) is 7.05 Å². The molecule has 2 N–H and O–H groups in total. The van der Waals surface area contributed by atoms with Crippen LogP contribution in [0.1, 0.15) is 65.6 Å². The molecule has 2 aromatic carbocycles. The van der Waals surface area contributed by atoms with E-state index in [1.54, 1.807) is 24.3 Å². The third-order valence-electron chi connectivity index (χ3n) is 6.26. The normalized spacial score (nSPS) is 20.8. The Morgan fingerprint density at radius 2 is 1.90 bits per heavy atom. The number of aryl methyl sites for hydroxylation is 1. The van der Waals surface area contributed by atoms with Gasteiger partial charge in [0.05, 0.1) is 17.2 Å². The van der Waals surface area contributed by atoms with E-state index in [1.165, 1.54) is 11.1 Å². The van der Waals surface area contributed by atoms with Crippen molar-refractivity contribution in [3.05, 3.63) is 82.0 Å². The van der Waals surface area contributed by atoms with Crippen LogP contribution in [0.25, 0.3) is 0 Å². The number of nitrogens with zero attached hydrogens (tertiary/aromatic N) is 1. The van der Waals surface area contributed by atoms with Gasteiger partial charge in [-0.25, -0.2) is 0 Å². The minimum Gasteiger partial charge on any atom is -0.390 e. The highest BCUT2D eigenvalue weighted by Gasteiger charge is 2.39. The van der Waals surface area contributed by atoms with Crippen molar-refractivity contribution in [3.8, 4) is 6.07 Å². The Morgan fingerprint density at radius 3 is 2.43 bits per heavy atom. The predicted molar refractivity (Wildman–Crippen MR) is 122 cm³/mol. The third-order valence-corrected chi connectivity index (χ3v) is 6.59. The Labute approximate surface area is 183 Å². The quantitative estimate of drug-likeness (QED) is 0.662. The van der Waals surface area contributed by atoms with Crippen LogP contribution in [0.2, 0.25) is 5.02 Å². The van der Waals surface area contributed by atoms with E-state index in [-0.39, 0.29) is 5.91 Å². The van der Waals surface area contributed by atoms with E-state index in [1.807, 2.05) is 7.05 Å². The van der Waals surface area contributed by atoms with Crippen molar-refractivity contribution in [3.63, 3.8) is 0 Å². The summed E-state index contributed by atoms with van der Waals surface area (Å²) in [6.45, 7) is 6.31. The lowest BCUT2D eigenvalue weighted by Gasteiger charge is -2.42. The van der Waals surface area contributed by atoms with Gasteiger partial charge in [0.1, 0.15) is 0 Å². The lowest BCUT2D eigenvalue weighted by atomic mass is 9.72. The fourth-order valence-electron chi connectivity index (χ4n) is 4.27. The molecule has 0 radical (unpaired) electrons. The van der Waals surface area contributed by atoms with Crippen LogP contribution in [0.15, 0.2) is 54.7 Å². The highest BCUT2D eigenvalue weighted by Crippen LogP contribution is 2.42. The van der Waals surface area contributed by atoms with E-state index in [0.29, 0.717) is 17.0 Å². The maximum absolute atomic E-state index is 12.9. The Kier molecular flexibility index (Phi) is 6.84. The van der Waals surface area contributed by atoms with E-state index in [9.17, 15) is 4.79 Å². The molecule has 0 saturated heterocycles. The maximum Gasteiger partial charge on any atom is 0.252 e. The van der Waals surface area contributed by atoms with Gasteiger partial charge in [0.25, 0.3) is 5.91 Å². The van der Waals surface area contributed by atoms with Gasteiger partial charge in [0.2, 0.25) is 0 Å². The van der Waals surface area contributed by atoms with E-state index in [4.69, 9.17) is 16.9 Å². The van der Waals surface area contributed by atoms with Crippen molar-refractivity contribution in [2.45, 2.75) is 50.5 Å². The molecule has 1 aliphatic carbocycles. The predicted octanol–water partition coefficient (Wildman–Crippen LogP) is 5.33. The first-order valence-corrected chi connectivity index (χ1v) is 10.8. The molecule has 0 atom stereocenters. The molecule has 1 saturated carbocycles. The molecule has 0 aliphatic heterocycles. The molecule has 5 heteroatoms. The molecule has 3 rings (SSSR count). The Balaban J connectivity index is 1.76. The number of hydrogen-bond donors (Lipinski definition) is 2. The zero-order valence-electron chi connectivity index (χ0n) is 17.6. The molecule has 0 bridgehead atoms. The molecular formula is C25H28ClN3O. The van der Waals surface area contributed by atoms with Crippen LogP contribution in [0.3, 0.4) is 0 Å². The van der Waals surface area contributed by atoms with E-state index in [0.717, 1.165) is 42.8 Å². The van der Waals surface area contributed by atoms with Gasteiger partial charge in [-0.1, -0.05) is 37.2 Å². The van der Waals surface area contributed by atoms with Gasteiger partial charge in [-0.15, -0.1) is 0 Å². The fourth-order valence-corrected chi connectivity index (χ4v) is 4.63. The third kappa shape index (κ3) is 4.52. The first-order valence-electron chi connectivity index (χ1n) is 10.4. The highest BCUT2D eigenvalue weighted by atomic mass is 35.5. The topological polar surface area (TPSA) is 64.9 Å². The van der Waals surface area contributed by atoms with Crippen molar-refractivity contribution < 1.29 is 4.79 Å². The lowest BCUT2D eigenvalue weighted by molar-refractivity contribution is 0.0885. The summed E-state index contributed by atoms with van der Waals surface area (Å²) < 4.78 is 0. The number of benzene rings is 2. The summed E-state index contributed by atoms with van der Waals surface area (Å²) in [6.07, 6.45) is 4.37. The van der Waals surface area contributed by atoms with Crippen molar-refractivity contribution >= 4 is 17.5 Å². The Bertz CT molecular complexity index is 967. The van der Waals surface area contributed by atoms with Crippen LogP contribution < -0.4 is 10.6 Å². The minimum absolute atomic E-state index is 0.153. The van der Waals surface area contributed by atoms with Gasteiger partial charge in [0.15, 0.2) is 0 Å². The monoisotopic (exact) mass is 421 g/mol. The Morgan fingerprint density at radius 1 is 1.23 bits per heavy atom. The van der Waals surface area contributed by atoms with E-state index >= 15 is 0 Å². The smallest absolute Gasteiger partial charge is 0.252 e. The molecule has 4 nitrogen and oxygen atoms in total. The molecular weight excluding hydrogens is 394 g/mol. The summed E-state index contributed by atoms with van der Waals surface area (Å²) in [7, 11) is 1.84. The number of nitrogens with one attached hydrogen (secondary N) is 2. The van der Waals surface area contributed by atoms with E-state index in [2.05, 4.69) is 48.4 Å². The number of nitriles is 1. The lowest BCUT2D eigenvalue weighted by Crippen LogP contribution is -2.54. The first kappa shape index (κ1) is 21.9. The van der Waals surface area contributed by atoms with Gasteiger partial charge in [-0.2, -0.15) is 5.26 Å². The summed E-state index contributed by atoms with van der Waals surface area (Å²) in [4.78, 5) is 12.9. The number of likely N-dealkylation sites (N-methyl/N-ethyl adjacent to an activating group) is 1. The molecule has 30 heavy (non-hydrogen) atoms. The van der Waals surface area contributed by atoms with Crippen molar-refractivity contribution in [2.24, 2.45) is 0 Å². The van der Waals surface area contributed by atoms with Crippen molar-refractivity contribution in [1.29, 1.82) is 5.26 Å². The molecule has 1 aliphatic rings. The molecule has 0 heterocycles. The average Bonchev–Trinajstić information content (AvgIpc) is 2.79. The van der Waals surface area contributed by atoms with Crippen LogP contribution in [0.4, 0.5) is 0 Å². The van der Waals surface area contributed by atoms with Crippen LogP contribution in [-0.4, -0.2) is 18.5 Å². The van der Waals surface area contributed by atoms with Gasteiger partial charge < -0.3 is 10.6 Å².